The molecular weight excluding hydrogens is 474 g/mol. The van der Waals surface area contributed by atoms with Crippen LogP contribution >= 0.6 is 11.3 Å². The first-order valence-corrected chi connectivity index (χ1v) is 11.6. The number of benzene rings is 1. The third kappa shape index (κ3) is 3.53. The molecule has 0 aliphatic carbocycles. The number of nitrogens with one attached hydrogen (secondary N) is 1. The average molecular weight is 486 g/mol. The first kappa shape index (κ1) is 21.1. The van der Waals surface area contributed by atoms with Crippen molar-refractivity contribution >= 4 is 38.2 Å². The number of nitrogens with two attached hydrogens (primary N) is 1. The Morgan fingerprint density at radius 2 is 1.94 bits per heavy atom. The summed E-state index contributed by atoms with van der Waals surface area (Å²) in [5.74, 6) is -3.00. The largest absolute Gasteiger partial charge is 0.355 e. The first-order valence-electron chi connectivity index (χ1n) is 9.28. The molecule has 0 unspecified atom stereocenters. The number of thiophene rings is 1. The van der Waals surface area contributed by atoms with Gasteiger partial charge in [-0.25, -0.2) is 27.3 Å². The number of sulfonamides is 1. The van der Waals surface area contributed by atoms with Crippen molar-refractivity contribution in [3.8, 4) is 21.8 Å². The Balaban J connectivity index is 1.71. The van der Waals surface area contributed by atoms with E-state index in [9.17, 15) is 17.6 Å². The summed E-state index contributed by atoms with van der Waals surface area (Å²) in [5, 5.41) is 9.30. The van der Waals surface area contributed by atoms with Gasteiger partial charge in [0.25, 0.3) is 0 Å². The highest BCUT2D eigenvalue weighted by Gasteiger charge is 2.29. The fraction of sp³-hybridized carbons (Fsp3) is 0. The number of nitrogens with zero attached hydrogens (tertiary/aromatic N) is 2. The van der Waals surface area contributed by atoms with Crippen molar-refractivity contribution in [2.75, 3.05) is 0 Å². The number of carbonyl (C=O) groups is 1. The minimum atomic E-state index is -4.29. The second-order valence-corrected chi connectivity index (χ2v) is 9.76. The van der Waals surface area contributed by atoms with Crippen LogP contribution in [0.25, 0.3) is 32.8 Å². The van der Waals surface area contributed by atoms with Gasteiger partial charge in [0.1, 0.15) is 21.5 Å². The number of aromatic amines is 1. The molecule has 4 aromatic heterocycles. The van der Waals surface area contributed by atoms with Gasteiger partial charge >= 0.3 is 0 Å². The lowest BCUT2D eigenvalue weighted by molar-refractivity contribution is 0.103. The van der Waals surface area contributed by atoms with E-state index in [1.807, 2.05) is 0 Å². The maximum Gasteiger partial charge on any atom is 0.248 e. The predicted molar refractivity (Wildman–Crippen MR) is 116 cm³/mol. The zero-order valence-electron chi connectivity index (χ0n) is 16.4. The molecule has 0 bridgehead atoms. The van der Waals surface area contributed by atoms with Crippen molar-refractivity contribution in [3.63, 3.8) is 0 Å². The Hall–Kier alpha value is -3.74. The quantitative estimate of drug-likeness (QED) is 0.360. The van der Waals surface area contributed by atoms with Gasteiger partial charge in [-0.15, -0.1) is 11.3 Å². The summed E-state index contributed by atoms with van der Waals surface area (Å²) in [5.41, 5.74) is -0.855. The molecule has 5 rings (SSSR count). The van der Waals surface area contributed by atoms with Crippen LogP contribution in [0.5, 0.6) is 0 Å². The monoisotopic (exact) mass is 486 g/mol. The van der Waals surface area contributed by atoms with E-state index < -0.39 is 33.0 Å². The lowest BCUT2D eigenvalue weighted by Crippen LogP contribution is -2.12. The number of primary sulfonamides is 1. The normalized spacial score (nSPS) is 11.8. The van der Waals surface area contributed by atoms with E-state index in [2.05, 4.69) is 15.1 Å². The van der Waals surface area contributed by atoms with Crippen LogP contribution in [0.1, 0.15) is 15.9 Å². The summed E-state index contributed by atoms with van der Waals surface area (Å²) in [7, 11) is -4.29. The number of hydrogen-bond donors (Lipinski definition) is 2. The van der Waals surface area contributed by atoms with Crippen molar-refractivity contribution in [1.29, 1.82) is 0 Å². The van der Waals surface area contributed by atoms with E-state index in [0.29, 0.717) is 15.9 Å². The summed E-state index contributed by atoms with van der Waals surface area (Å²) in [6, 6.07) is 7.96. The Labute approximate surface area is 188 Å². The van der Waals surface area contributed by atoms with Crippen LogP contribution in [0.3, 0.4) is 0 Å². The number of pyridine rings is 1. The van der Waals surface area contributed by atoms with Crippen molar-refractivity contribution < 1.29 is 26.5 Å². The highest BCUT2D eigenvalue weighted by atomic mass is 32.2. The highest BCUT2D eigenvalue weighted by Crippen LogP contribution is 2.41. The van der Waals surface area contributed by atoms with Gasteiger partial charge < -0.3 is 9.51 Å². The molecule has 0 aliphatic heterocycles. The van der Waals surface area contributed by atoms with Crippen LogP contribution < -0.4 is 5.14 Å². The summed E-state index contributed by atoms with van der Waals surface area (Å²) in [6.07, 6.45) is 4.18. The topological polar surface area (TPSA) is 132 Å². The van der Waals surface area contributed by atoms with Crippen molar-refractivity contribution in [1.82, 2.24) is 15.1 Å². The van der Waals surface area contributed by atoms with E-state index in [1.165, 1.54) is 30.7 Å². The van der Waals surface area contributed by atoms with Crippen LogP contribution in [0, 0.1) is 11.6 Å². The Bertz CT molecular complexity index is 1640. The van der Waals surface area contributed by atoms with Gasteiger partial charge in [0, 0.05) is 40.5 Å². The lowest BCUT2D eigenvalue weighted by Gasteiger charge is -2.09. The number of halogens is 2. The molecule has 12 heteroatoms. The number of carbonyl (C=O) groups excluding carboxylic acids is 1. The fourth-order valence-corrected chi connectivity index (χ4v) is 5.56. The van der Waals surface area contributed by atoms with Gasteiger partial charge in [-0.3, -0.25) is 4.79 Å². The minimum Gasteiger partial charge on any atom is -0.355 e. The van der Waals surface area contributed by atoms with E-state index in [-0.39, 0.29) is 26.7 Å². The molecule has 166 valence electrons. The summed E-state index contributed by atoms with van der Waals surface area (Å²) >= 11 is 0.740. The maximum atomic E-state index is 15.6. The number of ketones is 1. The molecule has 0 radical (unpaired) electrons. The van der Waals surface area contributed by atoms with Gasteiger partial charge in [0.2, 0.25) is 15.8 Å². The third-order valence-corrected chi connectivity index (χ3v) is 7.57. The van der Waals surface area contributed by atoms with Gasteiger partial charge in [0.15, 0.2) is 5.76 Å². The van der Waals surface area contributed by atoms with Crippen LogP contribution in [0.15, 0.2) is 63.7 Å². The number of fused-ring (bicyclic) bond motifs is 1. The average Bonchev–Trinajstić information content (AvgIpc) is 3.51. The Morgan fingerprint density at radius 3 is 2.67 bits per heavy atom. The molecule has 0 saturated heterocycles. The van der Waals surface area contributed by atoms with E-state index in [4.69, 9.17) is 9.66 Å². The fourth-order valence-electron chi connectivity index (χ4n) is 3.48. The van der Waals surface area contributed by atoms with Gasteiger partial charge in [0.05, 0.1) is 16.6 Å². The highest BCUT2D eigenvalue weighted by molar-refractivity contribution is 7.91. The van der Waals surface area contributed by atoms with Gasteiger partial charge in [-0.1, -0.05) is 5.16 Å². The molecule has 1 aromatic carbocycles. The molecule has 0 fully saturated rings. The van der Waals surface area contributed by atoms with Crippen LogP contribution in [-0.4, -0.2) is 29.3 Å². The summed E-state index contributed by atoms with van der Waals surface area (Å²) < 4.78 is 59.4. The smallest absolute Gasteiger partial charge is 0.248 e. The number of aromatic nitrogens is 3. The molecule has 0 aliphatic rings. The molecule has 0 amide bonds. The zero-order valence-corrected chi connectivity index (χ0v) is 18.0. The second kappa shape index (κ2) is 7.69. The zero-order chi connectivity index (χ0) is 23.3. The first-order chi connectivity index (χ1) is 15.8. The Kier molecular flexibility index (Phi) is 4.92. The SMILES string of the molecule is NS(=O)(=O)c1sc(-c2ccno2)cc1-c1ccc(F)c(C(=O)c2c[nH]c3ncccc23)c1F. The van der Waals surface area contributed by atoms with E-state index in [0.717, 1.165) is 23.5 Å². The molecule has 5 aromatic rings. The van der Waals surface area contributed by atoms with Crippen LogP contribution in [0.4, 0.5) is 8.78 Å². The van der Waals surface area contributed by atoms with Crippen molar-refractivity contribution in [2.45, 2.75) is 4.21 Å². The number of H-pyrrole nitrogens is 1. The molecule has 8 nitrogen and oxygen atoms in total. The molecule has 3 N–H and O–H groups in total. The lowest BCUT2D eigenvalue weighted by atomic mass is 9.97. The summed E-state index contributed by atoms with van der Waals surface area (Å²) in [4.78, 5) is 20.3. The standard InChI is InChI=1S/C21H12F2N4O4S2/c22-14-4-3-10(12-8-16(15-5-7-27-31-15)32-21(12)33(24,29)30)18(23)17(14)19(28)13-9-26-20-11(13)2-1-6-25-20/h1-9H,(H,25,26)(H2,24,29,30). The van der Waals surface area contributed by atoms with E-state index >= 15 is 4.39 Å². The predicted octanol–water partition coefficient (Wildman–Crippen LogP) is 4.10. The molecule has 0 saturated carbocycles. The minimum absolute atomic E-state index is 0.0207. The van der Waals surface area contributed by atoms with E-state index in [1.54, 1.807) is 12.1 Å². The molecule has 4 heterocycles. The van der Waals surface area contributed by atoms with Crippen LogP contribution in [-0.2, 0) is 10.0 Å². The van der Waals surface area contributed by atoms with Crippen molar-refractivity contribution in [3.05, 3.63) is 77.8 Å². The molecular formula is C21H12F2N4O4S2. The molecule has 0 atom stereocenters. The Morgan fingerprint density at radius 1 is 1.12 bits per heavy atom. The number of rotatable bonds is 5. The van der Waals surface area contributed by atoms with Gasteiger partial charge in [-0.2, -0.15) is 0 Å². The maximum absolute atomic E-state index is 15.6. The van der Waals surface area contributed by atoms with Gasteiger partial charge in [-0.05, 0) is 30.3 Å². The molecule has 33 heavy (non-hydrogen) atoms. The number of hydrogen-bond acceptors (Lipinski definition) is 7. The second-order valence-electron chi connectivity index (χ2n) is 6.95. The van der Waals surface area contributed by atoms with Crippen LogP contribution in [0.2, 0.25) is 0 Å². The van der Waals surface area contributed by atoms with Crippen molar-refractivity contribution in [2.24, 2.45) is 5.14 Å². The molecule has 0 spiro atoms. The summed E-state index contributed by atoms with van der Waals surface area (Å²) in [6.45, 7) is 0. The third-order valence-electron chi connectivity index (χ3n) is 4.94.